The number of pyridine rings is 1. The Morgan fingerprint density at radius 1 is 1.29 bits per heavy atom. The van der Waals surface area contributed by atoms with Crippen molar-refractivity contribution in [1.29, 1.82) is 0 Å². The van der Waals surface area contributed by atoms with Crippen molar-refractivity contribution in [1.82, 2.24) is 4.98 Å². The normalized spacial score (nSPS) is 10.9. The van der Waals surface area contributed by atoms with E-state index in [1.807, 2.05) is 19.1 Å². The van der Waals surface area contributed by atoms with Crippen LogP contribution in [0.4, 0.5) is 0 Å². The molecule has 0 aliphatic heterocycles. The van der Waals surface area contributed by atoms with Gasteiger partial charge >= 0.3 is 0 Å². The second-order valence-electron chi connectivity index (χ2n) is 3.34. The number of fused-ring (bicyclic) bond motifs is 1. The van der Waals surface area contributed by atoms with Crippen LogP contribution in [0.25, 0.3) is 10.9 Å². The van der Waals surface area contributed by atoms with Crippen LogP contribution in [-0.4, -0.2) is 4.98 Å². The molecule has 0 unspecified atom stereocenters. The molecule has 2 aromatic rings. The fourth-order valence-electron chi connectivity index (χ4n) is 1.47. The van der Waals surface area contributed by atoms with Crippen LogP contribution in [0.2, 0.25) is 5.02 Å². The molecule has 3 heteroatoms. The van der Waals surface area contributed by atoms with Crippen LogP contribution in [-0.2, 0) is 0 Å². The summed E-state index contributed by atoms with van der Waals surface area (Å²) in [7, 11) is 0. The third-order valence-electron chi connectivity index (χ3n) is 2.18. The van der Waals surface area contributed by atoms with E-state index in [0.717, 1.165) is 21.6 Å². The van der Waals surface area contributed by atoms with Crippen LogP contribution in [0.1, 0.15) is 11.3 Å². The molecule has 1 nitrogen and oxygen atoms in total. The average molecular weight is 318 g/mol. The van der Waals surface area contributed by atoms with Crippen molar-refractivity contribution in [2.75, 3.05) is 0 Å². The molecular weight excluding hydrogens is 308 g/mol. The van der Waals surface area contributed by atoms with E-state index < -0.39 is 0 Å². The SMILES string of the molecule is Cc1cc(Cl)c2c(I)c(C)ccc2n1. The maximum atomic E-state index is 6.19. The van der Waals surface area contributed by atoms with Crippen LogP contribution in [0.3, 0.4) is 0 Å². The zero-order valence-corrected chi connectivity index (χ0v) is 10.8. The first kappa shape index (κ1) is 10.2. The molecule has 0 fully saturated rings. The van der Waals surface area contributed by atoms with Gasteiger partial charge in [0.2, 0.25) is 0 Å². The van der Waals surface area contributed by atoms with E-state index in [1.54, 1.807) is 0 Å². The largest absolute Gasteiger partial charge is 0.253 e. The Morgan fingerprint density at radius 2 is 2.00 bits per heavy atom. The molecule has 0 spiro atoms. The number of aromatic nitrogens is 1. The Labute approximate surface area is 102 Å². The highest BCUT2D eigenvalue weighted by Gasteiger charge is 2.07. The minimum atomic E-state index is 0.792. The molecule has 0 saturated carbocycles. The van der Waals surface area contributed by atoms with Gasteiger partial charge in [-0.1, -0.05) is 17.7 Å². The van der Waals surface area contributed by atoms with Gasteiger partial charge in [-0.25, -0.2) is 0 Å². The van der Waals surface area contributed by atoms with Crippen LogP contribution >= 0.6 is 34.2 Å². The van der Waals surface area contributed by atoms with Gasteiger partial charge in [-0.15, -0.1) is 0 Å². The van der Waals surface area contributed by atoms with Crippen molar-refractivity contribution >= 4 is 45.1 Å². The van der Waals surface area contributed by atoms with Crippen LogP contribution < -0.4 is 0 Å². The molecule has 0 atom stereocenters. The van der Waals surface area contributed by atoms with Crippen molar-refractivity contribution < 1.29 is 0 Å². The third kappa shape index (κ3) is 1.61. The van der Waals surface area contributed by atoms with E-state index >= 15 is 0 Å². The molecular formula is C11H9ClIN. The second-order valence-corrected chi connectivity index (χ2v) is 4.82. The quantitative estimate of drug-likeness (QED) is 0.666. The van der Waals surface area contributed by atoms with Gasteiger partial charge in [0, 0.05) is 14.7 Å². The number of halogens is 2. The summed E-state index contributed by atoms with van der Waals surface area (Å²) in [5, 5.41) is 1.86. The summed E-state index contributed by atoms with van der Waals surface area (Å²) in [6, 6.07) is 6.00. The van der Waals surface area contributed by atoms with Gasteiger partial charge in [0.05, 0.1) is 10.5 Å². The summed E-state index contributed by atoms with van der Waals surface area (Å²) in [6.07, 6.45) is 0. The zero-order chi connectivity index (χ0) is 10.3. The van der Waals surface area contributed by atoms with Crippen molar-refractivity contribution in [3.63, 3.8) is 0 Å². The summed E-state index contributed by atoms with van der Waals surface area (Å²) >= 11 is 8.51. The number of hydrogen-bond donors (Lipinski definition) is 0. The lowest BCUT2D eigenvalue weighted by atomic mass is 10.1. The molecule has 14 heavy (non-hydrogen) atoms. The summed E-state index contributed by atoms with van der Waals surface area (Å²) in [5.41, 5.74) is 3.18. The smallest absolute Gasteiger partial charge is 0.0731 e. The molecule has 0 N–H and O–H groups in total. The summed E-state index contributed by atoms with van der Waals surface area (Å²) in [5.74, 6) is 0. The Kier molecular flexibility index (Phi) is 2.66. The average Bonchev–Trinajstić information content (AvgIpc) is 2.10. The molecule has 0 aliphatic carbocycles. The molecule has 0 aliphatic rings. The predicted molar refractivity (Wildman–Crippen MR) is 68.9 cm³/mol. The summed E-state index contributed by atoms with van der Waals surface area (Å²) in [4.78, 5) is 4.45. The van der Waals surface area contributed by atoms with Crippen molar-refractivity contribution in [2.24, 2.45) is 0 Å². The van der Waals surface area contributed by atoms with Gasteiger partial charge in [0.25, 0.3) is 0 Å². The first-order valence-corrected chi connectivity index (χ1v) is 5.77. The molecule has 0 amide bonds. The van der Waals surface area contributed by atoms with Crippen molar-refractivity contribution in [2.45, 2.75) is 13.8 Å². The fourth-order valence-corrected chi connectivity index (χ4v) is 2.72. The Bertz CT molecular complexity index is 508. The molecule has 1 aromatic heterocycles. The fraction of sp³-hybridized carbons (Fsp3) is 0.182. The first-order chi connectivity index (χ1) is 6.59. The van der Waals surface area contributed by atoms with Crippen molar-refractivity contribution in [3.05, 3.63) is 38.0 Å². The van der Waals surface area contributed by atoms with Crippen molar-refractivity contribution in [3.8, 4) is 0 Å². The van der Waals surface area contributed by atoms with Crippen LogP contribution in [0.5, 0.6) is 0 Å². The lowest BCUT2D eigenvalue weighted by molar-refractivity contribution is 1.25. The molecule has 72 valence electrons. The standard InChI is InChI=1S/C11H9ClIN/c1-6-3-4-9-10(11(6)13)8(12)5-7(2)14-9/h3-5H,1-2H3. The molecule has 1 aromatic carbocycles. The van der Waals surface area contributed by atoms with E-state index in [-0.39, 0.29) is 0 Å². The van der Waals surface area contributed by atoms with E-state index in [2.05, 4.69) is 40.6 Å². The zero-order valence-electron chi connectivity index (χ0n) is 7.94. The summed E-state index contributed by atoms with van der Waals surface area (Å²) in [6.45, 7) is 4.04. The predicted octanol–water partition coefficient (Wildman–Crippen LogP) is 4.11. The molecule has 0 saturated heterocycles. The third-order valence-corrected chi connectivity index (χ3v) is 3.87. The highest BCUT2D eigenvalue weighted by Crippen LogP contribution is 2.29. The minimum absolute atomic E-state index is 0.792. The maximum absolute atomic E-state index is 6.19. The lowest BCUT2D eigenvalue weighted by Gasteiger charge is -2.06. The highest BCUT2D eigenvalue weighted by atomic mass is 127. The summed E-state index contributed by atoms with van der Waals surface area (Å²) < 4.78 is 1.19. The van der Waals surface area contributed by atoms with Crippen LogP contribution in [0, 0.1) is 17.4 Å². The molecule has 2 rings (SSSR count). The van der Waals surface area contributed by atoms with Gasteiger partial charge in [-0.05, 0) is 54.1 Å². The number of hydrogen-bond acceptors (Lipinski definition) is 1. The Balaban J connectivity index is 2.95. The van der Waals surface area contributed by atoms with E-state index in [0.29, 0.717) is 0 Å². The topological polar surface area (TPSA) is 12.9 Å². The number of rotatable bonds is 0. The van der Waals surface area contributed by atoms with Gasteiger partial charge in [0.15, 0.2) is 0 Å². The number of nitrogens with zero attached hydrogens (tertiary/aromatic N) is 1. The van der Waals surface area contributed by atoms with E-state index in [4.69, 9.17) is 11.6 Å². The van der Waals surface area contributed by atoms with Crippen LogP contribution in [0.15, 0.2) is 18.2 Å². The van der Waals surface area contributed by atoms with Gasteiger partial charge in [0.1, 0.15) is 0 Å². The van der Waals surface area contributed by atoms with E-state index in [1.165, 1.54) is 9.13 Å². The molecule has 1 heterocycles. The van der Waals surface area contributed by atoms with Gasteiger partial charge in [-0.3, -0.25) is 4.98 Å². The minimum Gasteiger partial charge on any atom is -0.253 e. The second kappa shape index (κ2) is 3.66. The Morgan fingerprint density at radius 3 is 2.71 bits per heavy atom. The maximum Gasteiger partial charge on any atom is 0.0731 e. The number of aryl methyl sites for hydroxylation is 2. The number of benzene rings is 1. The lowest BCUT2D eigenvalue weighted by Crippen LogP contribution is -1.89. The molecule has 0 bridgehead atoms. The highest BCUT2D eigenvalue weighted by molar-refractivity contribution is 14.1. The Hall–Kier alpha value is -0.350. The first-order valence-electron chi connectivity index (χ1n) is 4.31. The van der Waals surface area contributed by atoms with E-state index in [9.17, 15) is 0 Å². The monoisotopic (exact) mass is 317 g/mol. The van der Waals surface area contributed by atoms with Gasteiger partial charge < -0.3 is 0 Å². The van der Waals surface area contributed by atoms with Gasteiger partial charge in [-0.2, -0.15) is 0 Å². The molecule has 0 radical (unpaired) electrons.